The molecule has 2 N–H and O–H groups in total. The number of hydrogen-bond acceptors (Lipinski definition) is 7. The molecular formula is C22H19N7O2S. The van der Waals surface area contributed by atoms with Crippen LogP contribution in [0.3, 0.4) is 0 Å². The summed E-state index contributed by atoms with van der Waals surface area (Å²) in [5, 5.41) is 24.7. The maximum absolute atomic E-state index is 12.5. The zero-order chi connectivity index (χ0) is 22.7. The lowest BCUT2D eigenvalue weighted by molar-refractivity contribution is 0.601. The predicted octanol–water partition coefficient (Wildman–Crippen LogP) is 3.70. The molecule has 4 rings (SSSR count). The van der Waals surface area contributed by atoms with E-state index in [2.05, 4.69) is 25.3 Å². The average molecular weight is 446 g/mol. The average Bonchev–Trinajstić information content (AvgIpc) is 3.13. The molecule has 0 spiro atoms. The van der Waals surface area contributed by atoms with Gasteiger partial charge in [-0.2, -0.15) is 10.4 Å². The van der Waals surface area contributed by atoms with Crippen LogP contribution in [-0.2, 0) is 10.0 Å². The van der Waals surface area contributed by atoms with Crippen molar-refractivity contribution in [3.8, 4) is 11.9 Å². The monoisotopic (exact) mass is 445 g/mol. The second-order valence-corrected chi connectivity index (χ2v) is 8.74. The van der Waals surface area contributed by atoms with Crippen molar-refractivity contribution >= 4 is 27.2 Å². The minimum absolute atomic E-state index is 0.0803. The van der Waals surface area contributed by atoms with Gasteiger partial charge in [-0.25, -0.2) is 13.1 Å². The molecule has 4 aromatic rings. The lowest BCUT2D eigenvalue weighted by atomic mass is 10.2. The first-order valence-corrected chi connectivity index (χ1v) is 11.1. The molecule has 0 radical (unpaired) electrons. The van der Waals surface area contributed by atoms with E-state index in [1.165, 1.54) is 24.3 Å². The number of aryl methyl sites for hydroxylation is 2. The molecule has 160 valence electrons. The van der Waals surface area contributed by atoms with E-state index in [1.807, 2.05) is 32.0 Å². The van der Waals surface area contributed by atoms with Gasteiger partial charge in [0.25, 0.3) is 10.0 Å². The molecule has 0 atom stereocenters. The van der Waals surface area contributed by atoms with Gasteiger partial charge in [0.1, 0.15) is 0 Å². The van der Waals surface area contributed by atoms with Crippen LogP contribution in [0.25, 0.3) is 5.82 Å². The van der Waals surface area contributed by atoms with E-state index >= 15 is 0 Å². The topological polar surface area (TPSA) is 126 Å². The first kappa shape index (κ1) is 21.0. The fourth-order valence-electron chi connectivity index (χ4n) is 3.06. The van der Waals surface area contributed by atoms with Crippen LogP contribution in [0.5, 0.6) is 0 Å². The second-order valence-electron chi connectivity index (χ2n) is 7.06. The van der Waals surface area contributed by atoms with Crippen LogP contribution < -0.4 is 10.0 Å². The molecule has 32 heavy (non-hydrogen) atoms. The maximum atomic E-state index is 12.5. The van der Waals surface area contributed by atoms with Crippen molar-refractivity contribution in [1.29, 1.82) is 5.26 Å². The van der Waals surface area contributed by atoms with Crippen LogP contribution in [-0.4, -0.2) is 28.4 Å². The minimum Gasteiger partial charge on any atom is -0.339 e. The van der Waals surface area contributed by atoms with Gasteiger partial charge in [-0.1, -0.05) is 0 Å². The van der Waals surface area contributed by atoms with Crippen molar-refractivity contribution < 1.29 is 8.42 Å². The van der Waals surface area contributed by atoms with Crippen LogP contribution in [0.1, 0.15) is 17.0 Å². The number of benzene rings is 2. The Morgan fingerprint density at radius 1 is 0.906 bits per heavy atom. The number of anilines is 3. The molecule has 2 aromatic carbocycles. The van der Waals surface area contributed by atoms with Crippen LogP contribution in [0.2, 0.25) is 0 Å². The normalized spacial score (nSPS) is 11.0. The van der Waals surface area contributed by atoms with Gasteiger partial charge in [-0.3, -0.25) is 4.72 Å². The summed E-state index contributed by atoms with van der Waals surface area (Å²) in [5.74, 6) is 1.16. The highest BCUT2D eigenvalue weighted by Crippen LogP contribution is 2.21. The van der Waals surface area contributed by atoms with E-state index in [1.54, 1.807) is 35.0 Å². The molecule has 0 aliphatic heterocycles. The quantitative estimate of drug-likeness (QED) is 0.463. The number of hydrogen-bond donors (Lipinski definition) is 2. The smallest absolute Gasteiger partial charge is 0.261 e. The summed E-state index contributed by atoms with van der Waals surface area (Å²) in [6.07, 6.45) is 0. The Bertz CT molecular complexity index is 1390. The molecule has 0 fully saturated rings. The summed E-state index contributed by atoms with van der Waals surface area (Å²) in [7, 11) is -3.75. The lowest BCUT2D eigenvalue weighted by Gasteiger charge is -2.10. The molecule has 2 heterocycles. The van der Waals surface area contributed by atoms with Crippen molar-refractivity contribution in [2.24, 2.45) is 0 Å². The molecule has 10 heteroatoms. The number of rotatable bonds is 6. The molecule has 0 saturated carbocycles. The van der Waals surface area contributed by atoms with Crippen LogP contribution in [0.4, 0.5) is 17.2 Å². The van der Waals surface area contributed by atoms with Crippen molar-refractivity contribution in [2.75, 3.05) is 10.0 Å². The van der Waals surface area contributed by atoms with Gasteiger partial charge in [-0.05, 0) is 80.6 Å². The molecule has 0 aliphatic carbocycles. The molecular weight excluding hydrogens is 426 g/mol. The molecule has 2 aromatic heterocycles. The first-order valence-electron chi connectivity index (χ1n) is 9.61. The Labute approximate surface area is 185 Å². The molecule has 0 aliphatic rings. The summed E-state index contributed by atoms with van der Waals surface area (Å²) < 4.78 is 29.3. The van der Waals surface area contributed by atoms with E-state index in [0.29, 0.717) is 22.9 Å². The highest BCUT2D eigenvalue weighted by atomic mass is 32.2. The zero-order valence-corrected chi connectivity index (χ0v) is 18.1. The standard InChI is InChI=1S/C22H19N7O2S/c1-15-13-16(2)29(27-15)22-12-11-21(25-26-22)24-18-5-7-19(8-6-18)28-32(30,31)20-9-3-17(14-23)4-10-20/h3-13,28H,1-2H3,(H,24,25). The van der Waals surface area contributed by atoms with E-state index in [9.17, 15) is 8.42 Å². The van der Waals surface area contributed by atoms with E-state index in [0.717, 1.165) is 17.1 Å². The molecule has 9 nitrogen and oxygen atoms in total. The minimum atomic E-state index is -3.75. The second kappa shape index (κ2) is 8.49. The Hall–Kier alpha value is -4.23. The van der Waals surface area contributed by atoms with Gasteiger partial charge >= 0.3 is 0 Å². The highest BCUT2D eigenvalue weighted by Gasteiger charge is 2.14. The molecule has 0 amide bonds. The molecule has 0 saturated heterocycles. The van der Waals surface area contributed by atoms with Crippen LogP contribution in [0.15, 0.2) is 71.6 Å². The van der Waals surface area contributed by atoms with E-state index < -0.39 is 10.0 Å². The zero-order valence-electron chi connectivity index (χ0n) is 17.3. The Morgan fingerprint density at radius 3 is 2.16 bits per heavy atom. The number of nitriles is 1. The lowest BCUT2D eigenvalue weighted by Crippen LogP contribution is -2.12. The molecule has 0 bridgehead atoms. The summed E-state index contributed by atoms with van der Waals surface area (Å²) in [6, 6.07) is 20.0. The number of nitrogens with zero attached hydrogens (tertiary/aromatic N) is 5. The van der Waals surface area contributed by atoms with E-state index in [-0.39, 0.29) is 4.90 Å². The third-order valence-electron chi connectivity index (χ3n) is 4.58. The Balaban J connectivity index is 1.43. The van der Waals surface area contributed by atoms with Gasteiger partial charge < -0.3 is 5.32 Å². The van der Waals surface area contributed by atoms with E-state index in [4.69, 9.17) is 5.26 Å². The fraction of sp³-hybridized carbons (Fsp3) is 0.0909. The number of aromatic nitrogens is 4. The summed E-state index contributed by atoms with van der Waals surface area (Å²) in [4.78, 5) is 0.0803. The van der Waals surface area contributed by atoms with Gasteiger partial charge in [0.05, 0.1) is 22.2 Å². The number of nitrogens with one attached hydrogen (secondary N) is 2. The van der Waals surface area contributed by atoms with Gasteiger partial charge in [0.15, 0.2) is 11.6 Å². The SMILES string of the molecule is Cc1cc(C)n(-c2ccc(Nc3ccc(NS(=O)(=O)c4ccc(C#N)cc4)cc3)nn2)n1. The van der Waals surface area contributed by atoms with Gasteiger partial charge in [0, 0.05) is 17.1 Å². The van der Waals surface area contributed by atoms with Crippen molar-refractivity contribution in [3.05, 3.63) is 83.7 Å². The van der Waals surface area contributed by atoms with Crippen LogP contribution in [0, 0.1) is 25.2 Å². The van der Waals surface area contributed by atoms with Gasteiger partial charge in [0.2, 0.25) is 0 Å². The van der Waals surface area contributed by atoms with Crippen molar-refractivity contribution in [1.82, 2.24) is 20.0 Å². The van der Waals surface area contributed by atoms with Crippen molar-refractivity contribution in [3.63, 3.8) is 0 Å². The first-order chi connectivity index (χ1) is 15.3. The predicted molar refractivity (Wildman–Crippen MR) is 120 cm³/mol. The summed E-state index contributed by atoms with van der Waals surface area (Å²) in [5.41, 5.74) is 3.40. The summed E-state index contributed by atoms with van der Waals surface area (Å²) in [6.45, 7) is 3.87. The largest absolute Gasteiger partial charge is 0.339 e. The Morgan fingerprint density at radius 2 is 1.59 bits per heavy atom. The third kappa shape index (κ3) is 4.58. The Kier molecular flexibility index (Phi) is 5.57. The maximum Gasteiger partial charge on any atom is 0.261 e. The summed E-state index contributed by atoms with van der Waals surface area (Å²) >= 11 is 0. The third-order valence-corrected chi connectivity index (χ3v) is 5.98. The fourth-order valence-corrected chi connectivity index (χ4v) is 4.12. The van der Waals surface area contributed by atoms with Crippen molar-refractivity contribution in [2.45, 2.75) is 18.7 Å². The molecule has 0 unspecified atom stereocenters. The number of sulfonamides is 1. The van der Waals surface area contributed by atoms with Crippen LogP contribution >= 0.6 is 0 Å². The van der Waals surface area contributed by atoms with Gasteiger partial charge in [-0.15, -0.1) is 10.2 Å². The highest BCUT2D eigenvalue weighted by molar-refractivity contribution is 7.92.